The van der Waals surface area contributed by atoms with Crippen LogP contribution in [0.25, 0.3) is 11.1 Å². The lowest BCUT2D eigenvalue weighted by atomic mass is 9.90. The molecule has 0 aliphatic carbocycles. The molecule has 0 saturated carbocycles. The van der Waals surface area contributed by atoms with Crippen LogP contribution in [0.2, 0.25) is 0 Å². The van der Waals surface area contributed by atoms with Crippen LogP contribution in [0, 0.1) is 0 Å². The third-order valence-electron chi connectivity index (χ3n) is 3.69. The first-order valence-electron chi connectivity index (χ1n) is 6.91. The van der Waals surface area contributed by atoms with Gasteiger partial charge in [0.25, 0.3) is 0 Å². The molecule has 0 spiro atoms. The molecule has 0 unspecified atom stereocenters. The van der Waals surface area contributed by atoms with E-state index in [2.05, 4.69) is 0 Å². The largest absolute Gasteiger partial charge is 0.508 e. The van der Waals surface area contributed by atoms with Gasteiger partial charge in [-0.05, 0) is 36.3 Å². The van der Waals surface area contributed by atoms with E-state index in [1.807, 2.05) is 0 Å². The Bertz CT molecular complexity index is 749. The summed E-state index contributed by atoms with van der Waals surface area (Å²) in [5.74, 6) is 0.590. The van der Waals surface area contributed by atoms with Gasteiger partial charge in [-0.15, -0.1) is 0 Å². The van der Waals surface area contributed by atoms with Gasteiger partial charge in [-0.2, -0.15) is 0 Å². The first kappa shape index (κ1) is 14.3. The highest BCUT2D eigenvalue weighted by atomic mass is 16.5. The molecule has 0 atom stereocenters. The number of ether oxygens (including phenoxy) is 1. The van der Waals surface area contributed by atoms with Gasteiger partial charge in [-0.1, -0.05) is 0 Å². The first-order valence-corrected chi connectivity index (χ1v) is 6.91. The third kappa shape index (κ3) is 2.46. The van der Waals surface area contributed by atoms with Crippen LogP contribution >= 0.6 is 0 Å². The zero-order valence-electron chi connectivity index (χ0n) is 11.8. The summed E-state index contributed by atoms with van der Waals surface area (Å²) in [6.45, 7) is 0.169. The minimum absolute atomic E-state index is 0.0207. The van der Waals surface area contributed by atoms with Crippen LogP contribution < -0.4 is 4.74 Å². The van der Waals surface area contributed by atoms with Gasteiger partial charge in [-0.3, -0.25) is 0 Å². The molecule has 4 N–H and O–H groups in total. The number of rotatable bonds is 3. The van der Waals surface area contributed by atoms with Gasteiger partial charge >= 0.3 is 0 Å². The predicted molar refractivity (Wildman–Crippen MR) is 81.9 cm³/mol. The third-order valence-corrected chi connectivity index (χ3v) is 3.69. The van der Waals surface area contributed by atoms with Gasteiger partial charge in [0.15, 0.2) is 0 Å². The van der Waals surface area contributed by atoms with Gasteiger partial charge in [0.1, 0.15) is 29.6 Å². The fraction of sp³-hybridized carbons (Fsp3) is 0.176. The van der Waals surface area contributed by atoms with Crippen molar-refractivity contribution < 1.29 is 25.2 Å². The van der Waals surface area contributed by atoms with Crippen molar-refractivity contribution in [3.8, 4) is 23.0 Å². The monoisotopic (exact) mass is 300 g/mol. The van der Waals surface area contributed by atoms with Gasteiger partial charge in [-0.25, -0.2) is 0 Å². The predicted octanol–water partition coefficient (Wildman–Crippen LogP) is 2.49. The van der Waals surface area contributed by atoms with Crippen molar-refractivity contribution in [3.63, 3.8) is 0 Å². The molecule has 0 aromatic heterocycles. The second-order valence-electron chi connectivity index (χ2n) is 5.10. The fourth-order valence-corrected chi connectivity index (χ4v) is 2.69. The maximum Gasteiger partial charge on any atom is 0.131 e. The highest BCUT2D eigenvalue weighted by molar-refractivity contribution is 5.96. The summed E-state index contributed by atoms with van der Waals surface area (Å²) in [5.41, 5.74) is 2.94. The second-order valence-corrected chi connectivity index (χ2v) is 5.10. The zero-order valence-corrected chi connectivity index (χ0v) is 11.8. The molecule has 1 aliphatic heterocycles. The zero-order chi connectivity index (χ0) is 15.7. The van der Waals surface area contributed by atoms with Gasteiger partial charge in [0, 0.05) is 35.4 Å². The summed E-state index contributed by atoms with van der Waals surface area (Å²) >= 11 is 0. The van der Waals surface area contributed by atoms with Crippen LogP contribution in [0.4, 0.5) is 0 Å². The number of hydrogen-bond acceptors (Lipinski definition) is 5. The molecule has 0 fully saturated rings. The van der Waals surface area contributed by atoms with E-state index in [4.69, 9.17) is 4.74 Å². The van der Waals surface area contributed by atoms with Crippen molar-refractivity contribution >= 4 is 11.1 Å². The molecule has 0 amide bonds. The van der Waals surface area contributed by atoms with E-state index in [1.165, 1.54) is 18.2 Å². The number of aliphatic hydroxyl groups is 1. The summed E-state index contributed by atoms with van der Waals surface area (Å²) in [4.78, 5) is 0. The minimum atomic E-state index is -0.0451. The quantitative estimate of drug-likeness (QED) is 0.699. The van der Waals surface area contributed by atoms with Crippen LogP contribution in [-0.2, 0) is 0 Å². The molecule has 1 aliphatic rings. The Kier molecular flexibility index (Phi) is 3.65. The van der Waals surface area contributed by atoms with Crippen LogP contribution in [0.1, 0.15) is 17.5 Å². The van der Waals surface area contributed by atoms with Crippen LogP contribution in [-0.4, -0.2) is 33.6 Å². The molecule has 5 nitrogen and oxygen atoms in total. The lowest BCUT2D eigenvalue weighted by molar-refractivity contribution is 0.303. The van der Waals surface area contributed by atoms with Crippen molar-refractivity contribution in [3.05, 3.63) is 47.5 Å². The average molecular weight is 300 g/mol. The highest BCUT2D eigenvalue weighted by Gasteiger charge is 2.23. The Hall–Kier alpha value is -2.66. The van der Waals surface area contributed by atoms with Crippen molar-refractivity contribution in [2.75, 3.05) is 13.2 Å². The molecule has 2 aromatic rings. The average Bonchev–Trinajstić information content (AvgIpc) is 2.48. The fourth-order valence-electron chi connectivity index (χ4n) is 2.69. The smallest absolute Gasteiger partial charge is 0.131 e. The number of fused-ring (bicyclic) bond motifs is 1. The second kappa shape index (κ2) is 5.61. The summed E-state index contributed by atoms with van der Waals surface area (Å²) in [7, 11) is 0. The van der Waals surface area contributed by atoms with Crippen LogP contribution in [0.5, 0.6) is 23.0 Å². The Morgan fingerprint density at radius 2 is 1.59 bits per heavy atom. The molecule has 5 heteroatoms. The molecule has 22 heavy (non-hydrogen) atoms. The normalized spacial score (nSPS) is 13.7. The lowest BCUT2D eigenvalue weighted by Crippen LogP contribution is -2.11. The van der Waals surface area contributed by atoms with Gasteiger partial charge < -0.3 is 25.2 Å². The molecule has 3 rings (SSSR count). The van der Waals surface area contributed by atoms with E-state index in [1.54, 1.807) is 18.2 Å². The molecule has 1 heterocycles. The van der Waals surface area contributed by atoms with E-state index >= 15 is 0 Å². The van der Waals surface area contributed by atoms with Crippen molar-refractivity contribution in [1.82, 2.24) is 0 Å². The summed E-state index contributed by atoms with van der Waals surface area (Å²) in [5, 5.41) is 38.4. The number of aromatic hydroxyl groups is 3. The van der Waals surface area contributed by atoms with Gasteiger partial charge in [0.2, 0.25) is 0 Å². The SMILES string of the molecule is OCCC1=C(c2ccc(O)cc2O)COc2cc(O)ccc21. The maximum atomic E-state index is 10.1. The number of hydrogen-bond donors (Lipinski definition) is 4. The molecular weight excluding hydrogens is 284 g/mol. The van der Waals surface area contributed by atoms with Crippen molar-refractivity contribution in [2.45, 2.75) is 6.42 Å². The highest BCUT2D eigenvalue weighted by Crippen LogP contribution is 2.42. The number of phenols is 3. The summed E-state index contributed by atoms with van der Waals surface area (Å²) in [6.07, 6.45) is 0.400. The van der Waals surface area contributed by atoms with E-state index in [9.17, 15) is 20.4 Å². The maximum absolute atomic E-state index is 10.1. The molecule has 114 valence electrons. The standard InChI is InChI=1S/C17H16O5/c18-6-5-12-14-4-2-11(20)8-17(14)22-9-15(12)13-3-1-10(19)7-16(13)21/h1-4,7-8,18-21H,5-6,9H2. The van der Waals surface area contributed by atoms with Crippen LogP contribution in [0.15, 0.2) is 36.4 Å². The Balaban J connectivity index is 2.18. The number of benzene rings is 2. The Morgan fingerprint density at radius 3 is 2.27 bits per heavy atom. The molecule has 2 aromatic carbocycles. The topological polar surface area (TPSA) is 90.2 Å². The van der Waals surface area contributed by atoms with Crippen molar-refractivity contribution in [2.24, 2.45) is 0 Å². The molecule has 0 saturated heterocycles. The van der Waals surface area contributed by atoms with E-state index in [0.29, 0.717) is 17.7 Å². The summed E-state index contributed by atoms with van der Waals surface area (Å²) < 4.78 is 5.66. The first-order chi connectivity index (χ1) is 10.6. The Morgan fingerprint density at radius 1 is 0.909 bits per heavy atom. The molecule has 0 bridgehead atoms. The van der Waals surface area contributed by atoms with E-state index < -0.39 is 0 Å². The Labute approximate surface area is 127 Å². The van der Waals surface area contributed by atoms with E-state index in [0.717, 1.165) is 16.7 Å². The molecule has 0 radical (unpaired) electrons. The van der Waals surface area contributed by atoms with E-state index in [-0.39, 0.29) is 30.5 Å². The van der Waals surface area contributed by atoms with Gasteiger partial charge in [0.05, 0.1) is 0 Å². The number of phenolic OH excluding ortho intramolecular Hbond substituents is 3. The molecular formula is C17H16O5. The minimum Gasteiger partial charge on any atom is -0.508 e. The summed E-state index contributed by atoms with van der Waals surface area (Å²) in [6, 6.07) is 9.19. The lowest BCUT2D eigenvalue weighted by Gasteiger charge is -2.25. The number of aliphatic hydroxyl groups excluding tert-OH is 1. The van der Waals surface area contributed by atoms with Crippen molar-refractivity contribution in [1.29, 1.82) is 0 Å². The van der Waals surface area contributed by atoms with Crippen LogP contribution in [0.3, 0.4) is 0 Å².